The number of likely N-dealkylation sites (tertiary alicyclic amines) is 1. The number of halogens is 4. The summed E-state index contributed by atoms with van der Waals surface area (Å²) < 4.78 is 14.2. The van der Waals surface area contributed by atoms with Gasteiger partial charge in [-0.25, -0.2) is 4.39 Å². The van der Waals surface area contributed by atoms with Gasteiger partial charge in [-0.05, 0) is 34.5 Å². The Kier molecular flexibility index (Phi) is 5.40. The second-order valence-corrected chi connectivity index (χ2v) is 5.31. The fourth-order valence-corrected chi connectivity index (χ4v) is 2.32. The van der Waals surface area contributed by atoms with Gasteiger partial charge in [-0.1, -0.05) is 11.6 Å². The summed E-state index contributed by atoms with van der Waals surface area (Å²) >= 11 is 8.92. The van der Waals surface area contributed by atoms with E-state index in [1.54, 1.807) is 4.90 Å². The lowest BCUT2D eigenvalue weighted by Crippen LogP contribution is -2.32. The average molecular weight is 358 g/mol. The Morgan fingerprint density at radius 3 is 2.78 bits per heavy atom. The molecule has 0 bridgehead atoms. The molecule has 1 aromatic carbocycles. The first-order valence-corrected chi connectivity index (χ1v) is 6.35. The molecule has 1 heterocycles. The highest BCUT2D eigenvalue weighted by atomic mass is 79.9. The van der Waals surface area contributed by atoms with Crippen LogP contribution >= 0.6 is 39.9 Å². The molecule has 0 spiro atoms. The molecule has 3 nitrogen and oxygen atoms in total. The predicted octanol–water partition coefficient (Wildman–Crippen LogP) is 2.84. The molecule has 0 radical (unpaired) electrons. The summed E-state index contributed by atoms with van der Waals surface area (Å²) in [5.74, 6) is -0.948. The highest BCUT2D eigenvalue weighted by molar-refractivity contribution is 9.10. The van der Waals surface area contributed by atoms with Crippen molar-refractivity contribution in [3.63, 3.8) is 0 Å². The van der Waals surface area contributed by atoms with Crippen molar-refractivity contribution < 1.29 is 9.18 Å². The molecule has 2 N–H and O–H groups in total. The average Bonchev–Trinajstić information content (AvgIpc) is 2.69. The Morgan fingerprint density at radius 1 is 1.56 bits per heavy atom. The van der Waals surface area contributed by atoms with Gasteiger partial charge in [0, 0.05) is 23.6 Å². The highest BCUT2D eigenvalue weighted by Crippen LogP contribution is 2.27. The summed E-state index contributed by atoms with van der Waals surface area (Å²) in [7, 11) is 0. The fourth-order valence-electron chi connectivity index (χ4n) is 1.83. The molecule has 1 aromatic rings. The van der Waals surface area contributed by atoms with Crippen molar-refractivity contribution >= 4 is 45.8 Å². The van der Waals surface area contributed by atoms with Gasteiger partial charge in [0.1, 0.15) is 5.82 Å². The predicted molar refractivity (Wildman–Crippen MR) is 74.9 cm³/mol. The molecule has 100 valence electrons. The van der Waals surface area contributed by atoms with E-state index in [2.05, 4.69) is 15.9 Å². The van der Waals surface area contributed by atoms with E-state index in [-0.39, 0.29) is 34.9 Å². The SMILES string of the molecule is Cl.NC1CCN(C(=O)c2cc(Br)c(Cl)cc2F)C1. The molecule has 1 unspecified atom stereocenters. The van der Waals surface area contributed by atoms with E-state index in [0.717, 1.165) is 12.5 Å². The number of benzene rings is 1. The number of hydrogen-bond donors (Lipinski definition) is 1. The zero-order valence-corrected chi connectivity index (χ0v) is 12.5. The van der Waals surface area contributed by atoms with Crippen LogP contribution in [0.15, 0.2) is 16.6 Å². The van der Waals surface area contributed by atoms with Crippen molar-refractivity contribution in [3.8, 4) is 0 Å². The van der Waals surface area contributed by atoms with Gasteiger partial charge >= 0.3 is 0 Å². The number of carbonyl (C=O) groups is 1. The number of hydrogen-bond acceptors (Lipinski definition) is 2. The third-order valence-electron chi connectivity index (χ3n) is 2.75. The maximum absolute atomic E-state index is 13.6. The molecule has 7 heteroatoms. The minimum atomic E-state index is -0.608. The van der Waals surface area contributed by atoms with E-state index in [4.69, 9.17) is 17.3 Å². The van der Waals surface area contributed by atoms with Crippen LogP contribution in [0.5, 0.6) is 0 Å². The third kappa shape index (κ3) is 3.15. The van der Waals surface area contributed by atoms with E-state index < -0.39 is 5.82 Å². The number of nitrogens with two attached hydrogens (primary N) is 1. The van der Waals surface area contributed by atoms with Crippen molar-refractivity contribution in [1.82, 2.24) is 4.90 Å². The summed E-state index contributed by atoms with van der Waals surface area (Å²) in [4.78, 5) is 13.6. The summed E-state index contributed by atoms with van der Waals surface area (Å²) in [6.45, 7) is 1.04. The standard InChI is InChI=1S/C11H11BrClFN2O.ClH/c12-8-3-7(10(14)4-9(8)13)11(17)16-2-1-6(15)5-16;/h3-4,6H,1-2,5,15H2;1H. The minimum absolute atomic E-state index is 0. The molecule has 1 amide bonds. The first-order valence-electron chi connectivity index (χ1n) is 5.18. The first kappa shape index (κ1) is 15.7. The van der Waals surface area contributed by atoms with Crippen LogP contribution in [-0.2, 0) is 0 Å². The highest BCUT2D eigenvalue weighted by Gasteiger charge is 2.26. The van der Waals surface area contributed by atoms with Gasteiger partial charge in [-0.3, -0.25) is 4.79 Å². The van der Waals surface area contributed by atoms with Crippen molar-refractivity contribution in [3.05, 3.63) is 33.0 Å². The van der Waals surface area contributed by atoms with E-state index in [1.165, 1.54) is 6.07 Å². The minimum Gasteiger partial charge on any atom is -0.337 e. The third-order valence-corrected chi connectivity index (χ3v) is 3.95. The quantitative estimate of drug-likeness (QED) is 0.785. The number of amides is 1. The van der Waals surface area contributed by atoms with Crippen LogP contribution in [0.1, 0.15) is 16.8 Å². The van der Waals surface area contributed by atoms with Gasteiger partial charge in [0.25, 0.3) is 5.91 Å². The first-order chi connectivity index (χ1) is 7.99. The molecule has 1 saturated heterocycles. The maximum Gasteiger partial charge on any atom is 0.256 e. The summed E-state index contributed by atoms with van der Waals surface area (Å²) in [5, 5.41) is 0.247. The van der Waals surface area contributed by atoms with Gasteiger partial charge < -0.3 is 10.6 Å². The van der Waals surface area contributed by atoms with Gasteiger partial charge in [-0.2, -0.15) is 0 Å². The van der Waals surface area contributed by atoms with E-state index in [1.807, 2.05) is 0 Å². The smallest absolute Gasteiger partial charge is 0.256 e. The second kappa shape index (κ2) is 6.19. The monoisotopic (exact) mass is 356 g/mol. The summed E-state index contributed by atoms with van der Waals surface area (Å²) in [5.41, 5.74) is 5.74. The Labute approximate surface area is 124 Å². The zero-order valence-electron chi connectivity index (χ0n) is 9.33. The molecular weight excluding hydrogens is 346 g/mol. The van der Waals surface area contributed by atoms with E-state index >= 15 is 0 Å². The summed E-state index contributed by atoms with van der Waals surface area (Å²) in [6.07, 6.45) is 0.752. The molecule has 1 aliphatic heterocycles. The molecule has 1 fully saturated rings. The molecular formula is C11H12BrCl2FN2O. The molecule has 18 heavy (non-hydrogen) atoms. The van der Waals surface area contributed by atoms with Crippen LogP contribution in [0, 0.1) is 5.82 Å². The van der Waals surface area contributed by atoms with Crippen molar-refractivity contribution in [1.29, 1.82) is 0 Å². The molecule has 1 aliphatic rings. The van der Waals surface area contributed by atoms with Crippen LogP contribution in [0.3, 0.4) is 0 Å². The van der Waals surface area contributed by atoms with Gasteiger partial charge in [0.05, 0.1) is 10.6 Å². The Bertz CT molecular complexity index is 473. The summed E-state index contributed by atoms with van der Waals surface area (Å²) in [6, 6.07) is 2.52. The lowest BCUT2D eigenvalue weighted by molar-refractivity contribution is 0.0786. The molecule has 0 aliphatic carbocycles. The fraction of sp³-hybridized carbons (Fsp3) is 0.364. The van der Waals surface area contributed by atoms with Crippen molar-refractivity contribution in [2.24, 2.45) is 5.73 Å². The zero-order chi connectivity index (χ0) is 12.6. The van der Waals surface area contributed by atoms with Crippen LogP contribution in [0.2, 0.25) is 5.02 Å². The van der Waals surface area contributed by atoms with Crippen molar-refractivity contribution in [2.45, 2.75) is 12.5 Å². The van der Waals surface area contributed by atoms with Gasteiger partial charge in [0.2, 0.25) is 0 Å². The van der Waals surface area contributed by atoms with E-state index in [9.17, 15) is 9.18 Å². The van der Waals surface area contributed by atoms with Crippen LogP contribution in [0.25, 0.3) is 0 Å². The van der Waals surface area contributed by atoms with Gasteiger partial charge in [0.15, 0.2) is 0 Å². The molecule has 2 rings (SSSR count). The number of nitrogens with zero attached hydrogens (tertiary/aromatic N) is 1. The van der Waals surface area contributed by atoms with E-state index in [0.29, 0.717) is 17.6 Å². The maximum atomic E-state index is 13.6. The number of carbonyl (C=O) groups excluding carboxylic acids is 1. The Morgan fingerprint density at radius 2 is 2.22 bits per heavy atom. The van der Waals surface area contributed by atoms with Crippen LogP contribution < -0.4 is 5.73 Å². The number of rotatable bonds is 1. The topological polar surface area (TPSA) is 46.3 Å². The molecule has 1 atom stereocenters. The molecule has 0 saturated carbocycles. The largest absolute Gasteiger partial charge is 0.337 e. The second-order valence-electron chi connectivity index (χ2n) is 4.05. The lowest BCUT2D eigenvalue weighted by atomic mass is 10.2. The van der Waals surface area contributed by atoms with Gasteiger partial charge in [-0.15, -0.1) is 12.4 Å². The normalized spacial score (nSPS) is 18.7. The van der Waals surface area contributed by atoms with Crippen LogP contribution in [-0.4, -0.2) is 29.9 Å². The Balaban J connectivity index is 0.00000162. The lowest BCUT2D eigenvalue weighted by Gasteiger charge is -2.16. The van der Waals surface area contributed by atoms with Crippen molar-refractivity contribution in [2.75, 3.05) is 13.1 Å². The molecule has 0 aromatic heterocycles. The van der Waals surface area contributed by atoms with Crippen LogP contribution in [0.4, 0.5) is 4.39 Å². The Hall–Kier alpha value is -0.360.